The molecule has 0 aromatic heterocycles. The van der Waals surface area contributed by atoms with Crippen LogP contribution < -0.4 is 5.32 Å². The van der Waals surface area contributed by atoms with E-state index >= 15 is 0 Å². The number of hydrogen-bond acceptors (Lipinski definition) is 5. The molecule has 122 valence electrons. The molecule has 0 spiro atoms. The molecule has 1 heterocycles. The molecule has 23 heavy (non-hydrogen) atoms. The second-order valence-corrected chi connectivity index (χ2v) is 7.49. The summed E-state index contributed by atoms with van der Waals surface area (Å²) < 4.78 is 29.4. The lowest BCUT2D eigenvalue weighted by atomic mass is 10.2. The molecule has 1 N–H and O–H groups in total. The molecule has 1 amide bonds. The molecule has 2 rings (SSSR count). The van der Waals surface area contributed by atoms with Gasteiger partial charge in [0.25, 0.3) is 0 Å². The lowest BCUT2D eigenvalue weighted by Crippen LogP contribution is -2.24. The Balaban J connectivity index is 1.86. The number of nitriles is 1. The molecule has 8 heteroatoms. The van der Waals surface area contributed by atoms with Crippen LogP contribution in [0.4, 0.5) is 0 Å². The van der Waals surface area contributed by atoms with Crippen LogP contribution in [0.5, 0.6) is 0 Å². The van der Waals surface area contributed by atoms with Gasteiger partial charge in [0.2, 0.25) is 11.8 Å². The smallest absolute Gasteiger partial charge is 0.226 e. The Labute approximate surface area is 139 Å². The first-order valence-corrected chi connectivity index (χ1v) is 8.99. The highest BCUT2D eigenvalue weighted by molar-refractivity contribution is 7.91. The van der Waals surface area contributed by atoms with E-state index in [1.54, 1.807) is 0 Å². The summed E-state index contributed by atoms with van der Waals surface area (Å²) in [6.07, 6.45) is 0.668. The van der Waals surface area contributed by atoms with Crippen molar-refractivity contribution in [3.8, 4) is 6.07 Å². The Morgan fingerprint density at radius 1 is 1.35 bits per heavy atom. The van der Waals surface area contributed by atoms with Crippen molar-refractivity contribution in [1.82, 2.24) is 5.32 Å². The molecule has 0 aliphatic carbocycles. The van der Waals surface area contributed by atoms with E-state index in [1.165, 1.54) is 24.3 Å². The normalized spacial score (nSPS) is 14.3. The van der Waals surface area contributed by atoms with E-state index in [1.807, 2.05) is 6.07 Å². The van der Waals surface area contributed by atoms with Gasteiger partial charge in [-0.25, -0.2) is 8.42 Å². The van der Waals surface area contributed by atoms with E-state index in [-0.39, 0.29) is 35.3 Å². The quantitative estimate of drug-likeness (QED) is 0.844. The van der Waals surface area contributed by atoms with E-state index in [2.05, 4.69) is 5.32 Å². The van der Waals surface area contributed by atoms with Gasteiger partial charge in [0.1, 0.15) is 6.07 Å². The number of nitrogens with one attached hydrogen (secondary N) is 1. The Hall–Kier alpha value is -2.04. The standard InChI is InChI=1S/C15H15ClN2O4S/c16-12-3-5-13(6-4-12)23(20,21)9-1-2-14(19)18-15-11(10-17)7-8-22-15/h3-6H,1-2,7-9H2,(H,18,19). The first kappa shape index (κ1) is 17.3. The molecule has 0 bridgehead atoms. The first-order chi connectivity index (χ1) is 10.9. The minimum absolute atomic E-state index is 0.0262. The van der Waals surface area contributed by atoms with Crippen molar-refractivity contribution >= 4 is 27.3 Å². The van der Waals surface area contributed by atoms with Crippen molar-refractivity contribution in [1.29, 1.82) is 5.26 Å². The topological polar surface area (TPSA) is 96.3 Å². The summed E-state index contributed by atoms with van der Waals surface area (Å²) >= 11 is 5.73. The molecule has 0 radical (unpaired) electrons. The first-order valence-electron chi connectivity index (χ1n) is 6.96. The molecule has 1 aromatic rings. The number of amides is 1. The Morgan fingerprint density at radius 3 is 2.70 bits per heavy atom. The maximum atomic E-state index is 12.1. The maximum Gasteiger partial charge on any atom is 0.226 e. The zero-order valence-electron chi connectivity index (χ0n) is 12.2. The highest BCUT2D eigenvalue weighted by Crippen LogP contribution is 2.17. The fraction of sp³-hybridized carbons (Fsp3) is 0.333. The molecule has 6 nitrogen and oxygen atoms in total. The van der Waals surface area contributed by atoms with Gasteiger partial charge in [0, 0.05) is 17.9 Å². The highest BCUT2D eigenvalue weighted by Gasteiger charge is 2.19. The average Bonchev–Trinajstić information content (AvgIpc) is 2.94. The molecule has 0 saturated heterocycles. The van der Waals surface area contributed by atoms with Crippen molar-refractivity contribution in [2.75, 3.05) is 12.4 Å². The molecule has 0 unspecified atom stereocenters. The fourth-order valence-electron chi connectivity index (χ4n) is 2.05. The molecule has 0 saturated carbocycles. The molecule has 0 atom stereocenters. The van der Waals surface area contributed by atoms with Gasteiger partial charge in [-0.15, -0.1) is 0 Å². The van der Waals surface area contributed by atoms with Gasteiger partial charge in [-0.2, -0.15) is 5.26 Å². The van der Waals surface area contributed by atoms with E-state index in [9.17, 15) is 13.2 Å². The van der Waals surface area contributed by atoms with Gasteiger partial charge in [0.05, 0.1) is 22.8 Å². The summed E-state index contributed by atoms with van der Waals surface area (Å²) in [5.41, 5.74) is 0.395. The monoisotopic (exact) mass is 354 g/mol. The number of carbonyl (C=O) groups excluding carboxylic acids is 1. The third-order valence-electron chi connectivity index (χ3n) is 3.25. The number of sulfone groups is 1. The van der Waals surface area contributed by atoms with Crippen molar-refractivity contribution in [3.05, 3.63) is 40.7 Å². The van der Waals surface area contributed by atoms with E-state index in [0.29, 0.717) is 23.6 Å². The zero-order chi connectivity index (χ0) is 16.9. The predicted molar refractivity (Wildman–Crippen MR) is 84.1 cm³/mol. The number of carbonyl (C=O) groups is 1. The Kier molecular flexibility index (Phi) is 5.64. The average molecular weight is 355 g/mol. The van der Waals surface area contributed by atoms with Crippen LogP contribution >= 0.6 is 11.6 Å². The largest absolute Gasteiger partial charge is 0.478 e. The molecule has 1 aliphatic rings. The summed E-state index contributed by atoms with van der Waals surface area (Å²) in [5.74, 6) is -0.341. The second kappa shape index (κ2) is 7.49. The van der Waals surface area contributed by atoms with Crippen LogP contribution in [-0.2, 0) is 19.4 Å². The van der Waals surface area contributed by atoms with Gasteiger partial charge in [0.15, 0.2) is 9.84 Å². The molecular formula is C15H15ClN2O4S. The molecule has 1 aromatic carbocycles. The SMILES string of the molecule is N#CC1=C(NC(=O)CCCS(=O)(=O)c2ccc(Cl)cc2)OCC1. The molecule has 1 aliphatic heterocycles. The summed E-state index contributed by atoms with van der Waals surface area (Å²) in [6, 6.07) is 7.85. The van der Waals surface area contributed by atoms with E-state index < -0.39 is 9.84 Å². The number of benzene rings is 1. The Morgan fingerprint density at radius 2 is 2.04 bits per heavy atom. The number of halogens is 1. The maximum absolute atomic E-state index is 12.1. The van der Waals surface area contributed by atoms with Crippen molar-refractivity contribution in [2.45, 2.75) is 24.2 Å². The van der Waals surface area contributed by atoms with Crippen LogP contribution in [0.25, 0.3) is 0 Å². The van der Waals surface area contributed by atoms with Gasteiger partial charge >= 0.3 is 0 Å². The summed E-state index contributed by atoms with van der Waals surface area (Å²) in [7, 11) is -3.45. The summed E-state index contributed by atoms with van der Waals surface area (Å²) in [4.78, 5) is 12.0. The van der Waals surface area contributed by atoms with Crippen molar-refractivity contribution < 1.29 is 17.9 Å². The van der Waals surface area contributed by atoms with E-state index in [4.69, 9.17) is 21.6 Å². The third kappa shape index (κ3) is 4.71. The Bertz CT molecular complexity index is 764. The molecule has 0 fully saturated rings. The number of nitrogens with zero attached hydrogens (tertiary/aromatic N) is 1. The summed E-state index contributed by atoms with van der Waals surface area (Å²) in [6.45, 7) is 0.365. The van der Waals surface area contributed by atoms with Crippen molar-refractivity contribution in [3.63, 3.8) is 0 Å². The number of rotatable bonds is 6. The van der Waals surface area contributed by atoms with Gasteiger partial charge < -0.3 is 4.74 Å². The second-order valence-electron chi connectivity index (χ2n) is 4.94. The number of ether oxygens (including phenoxy) is 1. The zero-order valence-corrected chi connectivity index (χ0v) is 13.8. The third-order valence-corrected chi connectivity index (χ3v) is 5.32. The van der Waals surface area contributed by atoms with Gasteiger partial charge in [-0.05, 0) is 30.7 Å². The van der Waals surface area contributed by atoms with Gasteiger partial charge in [-0.3, -0.25) is 10.1 Å². The molecular weight excluding hydrogens is 340 g/mol. The highest BCUT2D eigenvalue weighted by atomic mass is 35.5. The van der Waals surface area contributed by atoms with Crippen LogP contribution in [-0.4, -0.2) is 26.7 Å². The fourth-order valence-corrected chi connectivity index (χ4v) is 3.48. The van der Waals surface area contributed by atoms with Crippen LogP contribution in [0, 0.1) is 11.3 Å². The minimum atomic E-state index is -3.45. The van der Waals surface area contributed by atoms with Gasteiger partial charge in [-0.1, -0.05) is 11.6 Å². The summed E-state index contributed by atoms with van der Waals surface area (Å²) in [5, 5.41) is 11.8. The van der Waals surface area contributed by atoms with Crippen LogP contribution in [0.3, 0.4) is 0 Å². The number of hydrogen-bond donors (Lipinski definition) is 1. The minimum Gasteiger partial charge on any atom is -0.478 e. The van der Waals surface area contributed by atoms with Crippen molar-refractivity contribution in [2.24, 2.45) is 0 Å². The van der Waals surface area contributed by atoms with E-state index in [0.717, 1.165) is 0 Å². The van der Waals surface area contributed by atoms with Crippen LogP contribution in [0.1, 0.15) is 19.3 Å². The van der Waals surface area contributed by atoms with Crippen LogP contribution in [0.2, 0.25) is 5.02 Å². The lowest BCUT2D eigenvalue weighted by molar-refractivity contribution is -0.121. The predicted octanol–water partition coefficient (Wildman–Crippen LogP) is 2.17. The lowest BCUT2D eigenvalue weighted by Gasteiger charge is -2.07. The van der Waals surface area contributed by atoms with Crippen LogP contribution in [0.15, 0.2) is 40.6 Å².